The molecule has 3 nitrogen and oxygen atoms in total. The first-order chi connectivity index (χ1) is 1.73. The van der Waals surface area contributed by atoms with E-state index in [0.717, 1.165) is 0 Å². The molecule has 0 heterocycles. The molecule has 0 rings (SSSR count). The SMILES string of the molecule is O=[Si](O)O.[H-].[Li+].[Ti].[Zn]. The first kappa shape index (κ1) is 23.5. The Bertz CT molecular complexity index is 42.3. The zero-order valence-corrected chi connectivity index (χ0v) is 9.54. The largest absolute Gasteiger partial charge is 1.00 e. The normalized spacial score (nSPS) is 3.43. The second-order valence-corrected chi connectivity index (χ2v) is 0.848. The van der Waals surface area contributed by atoms with Crippen LogP contribution in [0.2, 0.25) is 0 Å². The molecule has 0 aliphatic heterocycles. The summed E-state index contributed by atoms with van der Waals surface area (Å²) in [4.78, 5) is 14.3. The van der Waals surface area contributed by atoms with Crippen LogP contribution in [0.1, 0.15) is 1.43 Å². The van der Waals surface area contributed by atoms with Gasteiger partial charge in [-0.15, -0.1) is 0 Å². The van der Waals surface area contributed by atoms with Crippen LogP contribution in [0.3, 0.4) is 0 Å². The van der Waals surface area contributed by atoms with Gasteiger partial charge in [0.15, 0.2) is 0 Å². The van der Waals surface area contributed by atoms with Crippen molar-refractivity contribution in [3.8, 4) is 0 Å². The maximum Gasteiger partial charge on any atom is 1.00 e. The van der Waals surface area contributed by atoms with Crippen LogP contribution in [0.5, 0.6) is 0 Å². The van der Waals surface area contributed by atoms with Gasteiger partial charge in [-0.2, -0.15) is 0 Å². The molecule has 0 aliphatic carbocycles. The van der Waals surface area contributed by atoms with E-state index >= 15 is 0 Å². The van der Waals surface area contributed by atoms with E-state index in [-0.39, 0.29) is 61.5 Å². The molecule has 0 aromatic rings. The molecule has 0 saturated carbocycles. The predicted molar refractivity (Wildman–Crippen MR) is 12.0 cm³/mol. The number of rotatable bonds is 0. The molecule has 0 aliphatic rings. The van der Waals surface area contributed by atoms with Crippen molar-refractivity contribution < 1.29 is 75.5 Å². The summed E-state index contributed by atoms with van der Waals surface area (Å²) in [6.45, 7) is 0. The van der Waals surface area contributed by atoms with Crippen molar-refractivity contribution in [2.75, 3.05) is 0 Å². The molecule has 7 heteroatoms. The third-order valence-electron chi connectivity index (χ3n) is 0. The molecule has 0 radical (unpaired) electrons. The molecular formula is H3LiO3SiTiZn. The summed E-state index contributed by atoms with van der Waals surface area (Å²) in [5, 5.41) is 0. The second-order valence-electron chi connectivity index (χ2n) is 0.283. The number of hydrogen-bond acceptors (Lipinski definition) is 1. The Balaban J connectivity index is -0.00000000750. The van der Waals surface area contributed by atoms with E-state index in [4.69, 9.17) is 14.1 Å². The molecule has 0 aromatic heterocycles. The third kappa shape index (κ3) is 96.6. The fourth-order valence-corrected chi connectivity index (χ4v) is 0. The summed E-state index contributed by atoms with van der Waals surface area (Å²) in [5.41, 5.74) is 0. The van der Waals surface area contributed by atoms with Crippen molar-refractivity contribution in [2.45, 2.75) is 0 Å². The van der Waals surface area contributed by atoms with Crippen LogP contribution in [0, 0.1) is 0 Å². The van der Waals surface area contributed by atoms with E-state index in [0.29, 0.717) is 0 Å². The maximum absolute atomic E-state index is 8.74. The standard InChI is InChI=1S/Li.H2O3Si.Ti.Zn.H/c;1-4(2)3;;;/h;1-2H;;;/q+1;;;;-1. The van der Waals surface area contributed by atoms with Gasteiger partial charge in [-0.1, -0.05) is 0 Å². The number of hydrogen-bond donors (Lipinski definition) is 2. The minimum absolute atomic E-state index is 0. The summed E-state index contributed by atoms with van der Waals surface area (Å²) in [5.74, 6) is 0. The van der Waals surface area contributed by atoms with Gasteiger partial charge in [0.2, 0.25) is 0 Å². The zero-order valence-electron chi connectivity index (χ0n) is 5.01. The summed E-state index contributed by atoms with van der Waals surface area (Å²) in [6.07, 6.45) is 0. The van der Waals surface area contributed by atoms with Crippen molar-refractivity contribution in [2.24, 2.45) is 0 Å². The van der Waals surface area contributed by atoms with Gasteiger partial charge in [-0.25, -0.2) is 0 Å². The molecule has 0 unspecified atom stereocenters. The Labute approximate surface area is 84.1 Å². The van der Waals surface area contributed by atoms with Crippen molar-refractivity contribution in [1.82, 2.24) is 0 Å². The maximum atomic E-state index is 8.74. The molecule has 32 valence electrons. The van der Waals surface area contributed by atoms with E-state index in [1.54, 1.807) is 0 Å². The van der Waals surface area contributed by atoms with E-state index in [2.05, 4.69) is 0 Å². The predicted octanol–water partition coefficient (Wildman–Crippen LogP) is -4.50. The Kier molecular flexibility index (Phi) is 52.6. The Morgan fingerprint density at radius 2 is 1.43 bits per heavy atom. The van der Waals surface area contributed by atoms with Crippen LogP contribution in [0.25, 0.3) is 0 Å². The molecular weight excluding hydrogens is 196 g/mol. The van der Waals surface area contributed by atoms with Gasteiger partial charge in [0, 0.05) is 41.2 Å². The third-order valence-corrected chi connectivity index (χ3v) is 0. The molecule has 2 N–H and O–H groups in total. The molecule has 0 amide bonds. The second kappa shape index (κ2) is 15.6. The molecule has 0 bridgehead atoms. The topological polar surface area (TPSA) is 57.5 Å². The summed E-state index contributed by atoms with van der Waals surface area (Å²) < 4.78 is 8.74. The van der Waals surface area contributed by atoms with E-state index < -0.39 is 9.17 Å². The van der Waals surface area contributed by atoms with Gasteiger partial charge in [0.25, 0.3) is 0 Å². The molecule has 0 fully saturated rings. The van der Waals surface area contributed by atoms with E-state index in [1.165, 1.54) is 0 Å². The van der Waals surface area contributed by atoms with Gasteiger partial charge >= 0.3 is 28.0 Å². The summed E-state index contributed by atoms with van der Waals surface area (Å²) in [7, 11) is -3.13. The van der Waals surface area contributed by atoms with Crippen LogP contribution in [0.4, 0.5) is 0 Å². The van der Waals surface area contributed by atoms with Gasteiger partial charge in [0.05, 0.1) is 0 Å². The molecule has 0 atom stereocenters. The van der Waals surface area contributed by atoms with Crippen LogP contribution in [-0.4, -0.2) is 18.8 Å². The molecule has 0 saturated heterocycles. The van der Waals surface area contributed by atoms with Crippen LogP contribution < -0.4 is 18.9 Å². The summed E-state index contributed by atoms with van der Waals surface area (Å²) in [6, 6.07) is 0. The quantitative estimate of drug-likeness (QED) is 0.387. The van der Waals surface area contributed by atoms with Crippen LogP contribution in [0.15, 0.2) is 0 Å². The minimum atomic E-state index is -3.13. The smallest absolute Gasteiger partial charge is 1.00 e. The van der Waals surface area contributed by atoms with Gasteiger partial charge in [0.1, 0.15) is 0 Å². The fourth-order valence-electron chi connectivity index (χ4n) is 0. The fraction of sp³-hybridized carbons (Fsp3) is 0. The van der Waals surface area contributed by atoms with Gasteiger partial charge < -0.3 is 11.0 Å². The zero-order chi connectivity index (χ0) is 3.58. The van der Waals surface area contributed by atoms with E-state index in [9.17, 15) is 0 Å². The van der Waals surface area contributed by atoms with Crippen LogP contribution in [-0.2, 0) is 45.7 Å². The molecule has 0 spiro atoms. The Hall–Kier alpha value is 1.55. The van der Waals surface area contributed by atoms with Crippen LogP contribution >= 0.6 is 0 Å². The molecule has 0 aromatic carbocycles. The Morgan fingerprint density at radius 1 is 1.43 bits per heavy atom. The van der Waals surface area contributed by atoms with Crippen molar-refractivity contribution in [1.29, 1.82) is 0 Å². The first-order valence-electron chi connectivity index (χ1n) is 0.651. The monoisotopic (exact) mass is 198 g/mol. The van der Waals surface area contributed by atoms with Gasteiger partial charge in [-0.3, -0.25) is 4.46 Å². The average molecular weight is 199 g/mol. The molecule has 7 heavy (non-hydrogen) atoms. The summed E-state index contributed by atoms with van der Waals surface area (Å²) >= 11 is 0. The van der Waals surface area contributed by atoms with E-state index in [1.807, 2.05) is 0 Å². The van der Waals surface area contributed by atoms with Crippen molar-refractivity contribution >= 4 is 9.17 Å². The Morgan fingerprint density at radius 3 is 1.43 bits per heavy atom. The van der Waals surface area contributed by atoms with Crippen molar-refractivity contribution in [3.05, 3.63) is 0 Å². The minimum Gasteiger partial charge on any atom is -1.00 e. The van der Waals surface area contributed by atoms with Gasteiger partial charge in [-0.05, 0) is 0 Å². The first-order valence-corrected chi connectivity index (χ1v) is 1.95. The average Bonchev–Trinajstić information content (AvgIpc) is 0.811. The van der Waals surface area contributed by atoms with Crippen molar-refractivity contribution in [3.63, 3.8) is 0 Å².